The van der Waals surface area contributed by atoms with Crippen LogP contribution >= 0.6 is 0 Å². The summed E-state index contributed by atoms with van der Waals surface area (Å²) in [5.74, 6) is 0.284. The van der Waals surface area contributed by atoms with Crippen molar-refractivity contribution in [1.82, 2.24) is 4.90 Å². The highest BCUT2D eigenvalue weighted by molar-refractivity contribution is 5.76. The summed E-state index contributed by atoms with van der Waals surface area (Å²) in [6.45, 7) is 0.787. The van der Waals surface area contributed by atoms with E-state index in [1.165, 1.54) is 7.11 Å². The molecule has 1 aromatic carbocycles. The fourth-order valence-electron chi connectivity index (χ4n) is 1.74. The number of carbonyl (C=O) groups is 2. The first kappa shape index (κ1) is 16.8. The number of anilines is 1. The molecule has 1 aromatic rings. The monoisotopic (exact) mass is 294 g/mol. The van der Waals surface area contributed by atoms with Crippen LogP contribution in [-0.2, 0) is 14.3 Å². The Hall–Kier alpha value is -2.24. The van der Waals surface area contributed by atoms with Crippen LogP contribution in [0.25, 0.3) is 0 Å². The lowest BCUT2D eigenvalue weighted by molar-refractivity contribution is -0.141. The number of benzene rings is 1. The number of ether oxygens (including phenoxy) is 2. The molecule has 6 nitrogen and oxygen atoms in total. The molecule has 0 fully saturated rings. The van der Waals surface area contributed by atoms with Crippen LogP contribution in [0.4, 0.5) is 5.69 Å². The van der Waals surface area contributed by atoms with Gasteiger partial charge in [0.05, 0.1) is 25.8 Å². The van der Waals surface area contributed by atoms with E-state index >= 15 is 0 Å². The van der Waals surface area contributed by atoms with Crippen LogP contribution in [0.1, 0.15) is 19.3 Å². The Bertz CT molecular complexity index is 476. The van der Waals surface area contributed by atoms with Gasteiger partial charge in [0.2, 0.25) is 5.91 Å². The van der Waals surface area contributed by atoms with Crippen molar-refractivity contribution in [2.24, 2.45) is 0 Å². The second-order valence-corrected chi connectivity index (χ2v) is 4.63. The number of rotatable bonds is 8. The minimum absolute atomic E-state index is 0.0330. The molecule has 0 saturated carbocycles. The molecule has 1 rings (SSSR count). The van der Waals surface area contributed by atoms with Crippen molar-refractivity contribution in [1.29, 1.82) is 0 Å². The van der Waals surface area contributed by atoms with Gasteiger partial charge in [-0.2, -0.15) is 0 Å². The highest BCUT2D eigenvalue weighted by atomic mass is 16.5. The summed E-state index contributed by atoms with van der Waals surface area (Å²) in [6.07, 6.45) is 1.16. The SMILES string of the molecule is COC(=O)CCCN(C)C(=O)CCOc1ccccc1N. The normalized spacial score (nSPS) is 10.0. The molecule has 2 N–H and O–H groups in total. The highest BCUT2D eigenvalue weighted by Crippen LogP contribution is 2.19. The largest absolute Gasteiger partial charge is 0.491 e. The van der Waals surface area contributed by atoms with E-state index in [9.17, 15) is 9.59 Å². The molecule has 21 heavy (non-hydrogen) atoms. The zero-order chi connectivity index (χ0) is 15.7. The number of para-hydroxylation sites is 2. The van der Waals surface area contributed by atoms with Crippen LogP contribution in [0.5, 0.6) is 5.75 Å². The molecular weight excluding hydrogens is 272 g/mol. The Morgan fingerprint density at radius 1 is 1.24 bits per heavy atom. The zero-order valence-electron chi connectivity index (χ0n) is 12.5. The minimum Gasteiger partial charge on any atom is -0.491 e. The maximum Gasteiger partial charge on any atom is 0.305 e. The first-order chi connectivity index (χ1) is 10.0. The number of esters is 1. The lowest BCUT2D eigenvalue weighted by atomic mass is 10.3. The molecule has 0 aromatic heterocycles. The van der Waals surface area contributed by atoms with Crippen molar-refractivity contribution in [2.45, 2.75) is 19.3 Å². The van der Waals surface area contributed by atoms with Crippen molar-refractivity contribution in [3.8, 4) is 5.75 Å². The van der Waals surface area contributed by atoms with Crippen LogP contribution in [-0.4, -0.2) is 44.1 Å². The standard InChI is InChI=1S/C15H22N2O4/c1-17(10-5-8-15(19)20-2)14(18)9-11-21-13-7-4-3-6-12(13)16/h3-4,6-7H,5,8-11,16H2,1-2H3. The van der Waals surface area contributed by atoms with Crippen molar-refractivity contribution in [2.75, 3.05) is 33.0 Å². The lowest BCUT2D eigenvalue weighted by Crippen LogP contribution is -2.29. The van der Waals surface area contributed by atoms with E-state index in [-0.39, 0.29) is 24.9 Å². The third-order valence-corrected chi connectivity index (χ3v) is 3.02. The molecule has 6 heteroatoms. The van der Waals surface area contributed by atoms with Crippen LogP contribution < -0.4 is 10.5 Å². The summed E-state index contributed by atoms with van der Waals surface area (Å²) in [7, 11) is 3.06. The van der Waals surface area contributed by atoms with Gasteiger partial charge in [-0.3, -0.25) is 9.59 Å². The summed E-state index contributed by atoms with van der Waals surface area (Å²) in [4.78, 5) is 24.4. The molecule has 0 aliphatic carbocycles. The lowest BCUT2D eigenvalue weighted by Gasteiger charge is -2.17. The molecule has 0 aliphatic rings. The fraction of sp³-hybridized carbons (Fsp3) is 0.467. The quantitative estimate of drug-likeness (QED) is 0.579. The number of nitrogens with zero attached hydrogens (tertiary/aromatic N) is 1. The molecule has 0 spiro atoms. The summed E-state index contributed by atoms with van der Waals surface area (Å²) >= 11 is 0. The fourth-order valence-corrected chi connectivity index (χ4v) is 1.74. The van der Waals surface area contributed by atoms with Gasteiger partial charge in [0.1, 0.15) is 5.75 Å². The van der Waals surface area contributed by atoms with E-state index in [1.807, 2.05) is 12.1 Å². The van der Waals surface area contributed by atoms with Gasteiger partial charge in [0, 0.05) is 20.0 Å². The van der Waals surface area contributed by atoms with E-state index in [0.29, 0.717) is 30.8 Å². The second kappa shape index (κ2) is 8.84. The zero-order valence-corrected chi connectivity index (χ0v) is 12.5. The van der Waals surface area contributed by atoms with E-state index in [0.717, 1.165) is 0 Å². The third kappa shape index (κ3) is 6.16. The van der Waals surface area contributed by atoms with E-state index in [2.05, 4.69) is 4.74 Å². The Morgan fingerprint density at radius 2 is 1.95 bits per heavy atom. The van der Waals surface area contributed by atoms with Crippen LogP contribution in [0.3, 0.4) is 0 Å². The number of hydrogen-bond donors (Lipinski definition) is 1. The van der Waals surface area contributed by atoms with Crippen molar-refractivity contribution in [3.63, 3.8) is 0 Å². The molecule has 0 atom stereocenters. The predicted octanol–water partition coefficient (Wildman–Crippen LogP) is 1.45. The molecule has 0 heterocycles. The molecular formula is C15H22N2O4. The summed E-state index contributed by atoms with van der Waals surface area (Å²) in [5.41, 5.74) is 6.29. The minimum atomic E-state index is -0.265. The molecule has 0 saturated heterocycles. The van der Waals surface area contributed by atoms with Gasteiger partial charge >= 0.3 is 5.97 Å². The predicted molar refractivity (Wildman–Crippen MR) is 79.9 cm³/mol. The van der Waals surface area contributed by atoms with Crippen LogP contribution in [0.15, 0.2) is 24.3 Å². The van der Waals surface area contributed by atoms with Crippen molar-refractivity contribution < 1.29 is 19.1 Å². The number of amides is 1. The Labute approximate surface area is 124 Å². The first-order valence-electron chi connectivity index (χ1n) is 6.82. The van der Waals surface area contributed by atoms with E-state index < -0.39 is 0 Å². The average Bonchev–Trinajstić information content (AvgIpc) is 2.48. The van der Waals surface area contributed by atoms with Gasteiger partial charge in [0.25, 0.3) is 0 Å². The molecule has 116 valence electrons. The topological polar surface area (TPSA) is 81.9 Å². The molecule has 1 amide bonds. The molecule has 0 aliphatic heterocycles. The Balaban J connectivity index is 2.24. The third-order valence-electron chi connectivity index (χ3n) is 3.02. The number of nitrogen functional groups attached to an aromatic ring is 1. The van der Waals surface area contributed by atoms with Crippen LogP contribution in [0.2, 0.25) is 0 Å². The van der Waals surface area contributed by atoms with Gasteiger partial charge in [-0.25, -0.2) is 0 Å². The van der Waals surface area contributed by atoms with E-state index in [1.54, 1.807) is 24.1 Å². The maximum absolute atomic E-state index is 11.9. The van der Waals surface area contributed by atoms with Gasteiger partial charge in [0.15, 0.2) is 0 Å². The molecule has 0 bridgehead atoms. The number of methoxy groups -OCH3 is 1. The number of carbonyl (C=O) groups excluding carboxylic acids is 2. The van der Waals surface area contributed by atoms with E-state index in [4.69, 9.17) is 10.5 Å². The highest BCUT2D eigenvalue weighted by Gasteiger charge is 2.10. The maximum atomic E-state index is 11.9. The number of nitrogens with two attached hydrogens (primary N) is 1. The smallest absolute Gasteiger partial charge is 0.305 e. The van der Waals surface area contributed by atoms with Gasteiger partial charge in [-0.1, -0.05) is 12.1 Å². The summed E-state index contributed by atoms with van der Waals surface area (Å²) < 4.78 is 10.0. The van der Waals surface area contributed by atoms with Crippen LogP contribution in [0, 0.1) is 0 Å². The average molecular weight is 294 g/mol. The van der Waals surface area contributed by atoms with Gasteiger partial charge < -0.3 is 20.1 Å². The summed E-state index contributed by atoms with van der Waals surface area (Å²) in [6, 6.07) is 7.16. The van der Waals surface area contributed by atoms with Gasteiger partial charge in [-0.15, -0.1) is 0 Å². The van der Waals surface area contributed by atoms with Crippen molar-refractivity contribution in [3.05, 3.63) is 24.3 Å². The first-order valence-corrected chi connectivity index (χ1v) is 6.82. The molecule has 0 unspecified atom stereocenters. The Kier molecular flexibility index (Phi) is 7.08. The molecule has 0 radical (unpaired) electrons. The second-order valence-electron chi connectivity index (χ2n) is 4.63. The Morgan fingerprint density at radius 3 is 2.62 bits per heavy atom. The van der Waals surface area contributed by atoms with Crippen molar-refractivity contribution >= 4 is 17.6 Å². The summed E-state index contributed by atoms with van der Waals surface area (Å²) in [5, 5.41) is 0. The van der Waals surface area contributed by atoms with Gasteiger partial charge in [-0.05, 0) is 18.6 Å². The number of hydrogen-bond acceptors (Lipinski definition) is 5.